The van der Waals surface area contributed by atoms with Crippen molar-refractivity contribution >= 4 is 11.8 Å². The summed E-state index contributed by atoms with van der Waals surface area (Å²) in [6, 6.07) is 5.25. The number of rotatable bonds is 7. The minimum atomic E-state index is -0.651. The third kappa shape index (κ3) is 6.09. The molecule has 0 saturated carbocycles. The highest BCUT2D eigenvalue weighted by atomic mass is 16.7. The molecule has 1 unspecified atom stereocenters. The lowest BCUT2D eigenvalue weighted by Gasteiger charge is -2.49. The fourth-order valence-corrected chi connectivity index (χ4v) is 5.87. The molecule has 8 heteroatoms. The number of aromatic nitrogens is 1. The first-order valence-corrected chi connectivity index (χ1v) is 13.7. The highest BCUT2D eigenvalue weighted by molar-refractivity contribution is 5.90. The smallest absolute Gasteiger partial charge is 0.245 e. The zero-order valence-corrected chi connectivity index (χ0v) is 22.6. The van der Waals surface area contributed by atoms with Gasteiger partial charge in [-0.25, -0.2) is 0 Å². The molecule has 3 aliphatic heterocycles. The van der Waals surface area contributed by atoms with Crippen molar-refractivity contribution in [3.63, 3.8) is 0 Å². The standard InChI is InChI=1S/C28H44N4O4/c1-19(2)14-24-26(33)32(13-11-30-24)25(15-20(3)4)27(34)31-12-9-28(16-21(31)5)35-17-22(18-36-28)23-8-6-7-10-29-23/h6-8,10,19-22,24-25,30H,9,11-18H2,1-5H3/t21-,22?,24-,25?,28?/m0/s1. The number of nitrogens with one attached hydrogen (secondary N) is 1. The van der Waals surface area contributed by atoms with Crippen LogP contribution in [0.5, 0.6) is 0 Å². The number of hydrogen-bond acceptors (Lipinski definition) is 6. The average molecular weight is 501 g/mol. The maximum Gasteiger partial charge on any atom is 0.245 e. The normalized spacial score (nSPS) is 30.3. The van der Waals surface area contributed by atoms with Crippen molar-refractivity contribution in [2.45, 2.75) is 90.1 Å². The fraction of sp³-hybridized carbons (Fsp3) is 0.750. The first-order chi connectivity index (χ1) is 17.2. The molecular formula is C28H44N4O4. The molecule has 4 heterocycles. The molecule has 0 aromatic carbocycles. The quantitative estimate of drug-likeness (QED) is 0.619. The van der Waals surface area contributed by atoms with E-state index in [9.17, 15) is 9.59 Å². The SMILES string of the molecule is CC(C)CC(C(=O)N1CCC2(C[C@@H]1C)OCC(c1ccccn1)CO2)N1CCN[C@@H](CC(C)C)C1=O. The number of likely N-dealkylation sites (tertiary alicyclic amines) is 1. The number of ether oxygens (including phenoxy) is 2. The van der Waals surface area contributed by atoms with E-state index < -0.39 is 11.8 Å². The minimum absolute atomic E-state index is 0.0307. The molecule has 2 amide bonds. The van der Waals surface area contributed by atoms with Gasteiger partial charge in [-0.15, -0.1) is 0 Å². The first-order valence-electron chi connectivity index (χ1n) is 13.7. The molecule has 0 aliphatic carbocycles. The lowest BCUT2D eigenvalue weighted by atomic mass is 9.92. The third-order valence-electron chi connectivity index (χ3n) is 7.74. The van der Waals surface area contributed by atoms with Crippen LogP contribution in [0, 0.1) is 11.8 Å². The van der Waals surface area contributed by atoms with E-state index in [2.05, 4.69) is 44.9 Å². The Morgan fingerprint density at radius 2 is 1.92 bits per heavy atom. The highest BCUT2D eigenvalue weighted by Crippen LogP contribution is 2.37. The van der Waals surface area contributed by atoms with Crippen LogP contribution < -0.4 is 5.32 Å². The Labute approximate surface area is 216 Å². The lowest BCUT2D eigenvalue weighted by molar-refractivity contribution is -0.294. The van der Waals surface area contributed by atoms with E-state index in [-0.39, 0.29) is 29.8 Å². The Bertz CT molecular complexity index is 885. The second-order valence-corrected chi connectivity index (χ2v) is 11.6. The van der Waals surface area contributed by atoms with Crippen LogP contribution in [-0.4, -0.2) is 83.4 Å². The largest absolute Gasteiger partial charge is 0.349 e. The second-order valence-electron chi connectivity index (χ2n) is 11.6. The molecule has 3 aliphatic rings. The molecule has 3 atom stereocenters. The van der Waals surface area contributed by atoms with Crippen LogP contribution in [0.1, 0.15) is 71.9 Å². The summed E-state index contributed by atoms with van der Waals surface area (Å²) in [6.45, 7) is 13.6. The second kappa shape index (κ2) is 11.6. The molecule has 0 radical (unpaired) electrons. The predicted octanol–water partition coefficient (Wildman–Crippen LogP) is 3.18. The van der Waals surface area contributed by atoms with Crippen LogP contribution in [0.3, 0.4) is 0 Å². The van der Waals surface area contributed by atoms with Gasteiger partial charge in [-0.1, -0.05) is 33.8 Å². The molecule has 1 N–H and O–H groups in total. The molecule has 36 heavy (non-hydrogen) atoms. The van der Waals surface area contributed by atoms with Crippen LogP contribution in [0.15, 0.2) is 24.4 Å². The summed E-state index contributed by atoms with van der Waals surface area (Å²) in [6.07, 6.45) is 4.53. The molecule has 3 saturated heterocycles. The maximum absolute atomic E-state index is 13.9. The molecule has 1 spiro atoms. The summed E-state index contributed by atoms with van der Waals surface area (Å²) in [5, 5.41) is 3.37. The average Bonchev–Trinajstić information content (AvgIpc) is 2.84. The van der Waals surface area contributed by atoms with Crippen LogP contribution in [-0.2, 0) is 19.1 Å². The van der Waals surface area contributed by atoms with Gasteiger partial charge in [-0.3, -0.25) is 14.6 Å². The predicted molar refractivity (Wildman–Crippen MR) is 138 cm³/mol. The van der Waals surface area contributed by atoms with E-state index in [1.165, 1.54) is 0 Å². The number of pyridine rings is 1. The topological polar surface area (TPSA) is 84.0 Å². The van der Waals surface area contributed by atoms with E-state index in [0.717, 1.165) is 18.7 Å². The zero-order chi connectivity index (χ0) is 25.9. The van der Waals surface area contributed by atoms with Gasteiger partial charge in [0.1, 0.15) is 6.04 Å². The van der Waals surface area contributed by atoms with Crippen LogP contribution in [0.2, 0.25) is 0 Å². The Kier molecular flexibility index (Phi) is 8.68. The van der Waals surface area contributed by atoms with Gasteiger partial charge < -0.3 is 24.6 Å². The number of nitrogens with zero attached hydrogens (tertiary/aromatic N) is 3. The van der Waals surface area contributed by atoms with Gasteiger partial charge in [0.2, 0.25) is 11.8 Å². The summed E-state index contributed by atoms with van der Waals surface area (Å²) >= 11 is 0. The molecule has 200 valence electrons. The molecular weight excluding hydrogens is 456 g/mol. The Morgan fingerprint density at radius 3 is 2.53 bits per heavy atom. The van der Waals surface area contributed by atoms with E-state index >= 15 is 0 Å². The maximum atomic E-state index is 13.9. The van der Waals surface area contributed by atoms with E-state index in [0.29, 0.717) is 57.4 Å². The number of amides is 2. The van der Waals surface area contributed by atoms with Crippen LogP contribution in [0.25, 0.3) is 0 Å². The molecule has 1 aromatic rings. The number of hydrogen-bond donors (Lipinski definition) is 1. The minimum Gasteiger partial charge on any atom is -0.349 e. The van der Waals surface area contributed by atoms with Gasteiger partial charge in [0, 0.05) is 56.3 Å². The third-order valence-corrected chi connectivity index (χ3v) is 7.74. The number of carbonyl (C=O) groups excluding carboxylic acids is 2. The molecule has 0 bridgehead atoms. The van der Waals surface area contributed by atoms with Crippen molar-refractivity contribution in [3.05, 3.63) is 30.1 Å². The van der Waals surface area contributed by atoms with Crippen LogP contribution in [0.4, 0.5) is 0 Å². The first kappa shape index (κ1) is 27.0. The Morgan fingerprint density at radius 1 is 1.17 bits per heavy atom. The van der Waals surface area contributed by atoms with Gasteiger partial charge in [0.25, 0.3) is 0 Å². The zero-order valence-electron chi connectivity index (χ0n) is 22.6. The molecule has 4 rings (SSSR count). The Balaban J connectivity index is 1.41. The van der Waals surface area contributed by atoms with Gasteiger partial charge >= 0.3 is 0 Å². The van der Waals surface area contributed by atoms with Crippen molar-refractivity contribution in [1.82, 2.24) is 20.1 Å². The molecule has 8 nitrogen and oxygen atoms in total. The monoisotopic (exact) mass is 500 g/mol. The lowest BCUT2D eigenvalue weighted by Crippen LogP contribution is -2.64. The fourth-order valence-electron chi connectivity index (χ4n) is 5.87. The molecule has 1 aromatic heterocycles. The number of carbonyl (C=O) groups is 2. The van der Waals surface area contributed by atoms with Crippen LogP contribution >= 0.6 is 0 Å². The van der Waals surface area contributed by atoms with Gasteiger partial charge in [0.15, 0.2) is 5.79 Å². The summed E-state index contributed by atoms with van der Waals surface area (Å²) in [5.41, 5.74) is 0.987. The van der Waals surface area contributed by atoms with Crippen molar-refractivity contribution < 1.29 is 19.1 Å². The van der Waals surface area contributed by atoms with Crippen molar-refractivity contribution in [2.24, 2.45) is 11.8 Å². The van der Waals surface area contributed by atoms with Crippen molar-refractivity contribution in [1.29, 1.82) is 0 Å². The summed E-state index contributed by atoms with van der Waals surface area (Å²) in [4.78, 5) is 35.6. The van der Waals surface area contributed by atoms with Gasteiger partial charge in [-0.2, -0.15) is 0 Å². The Hall–Kier alpha value is -2.03. The number of piperidine rings is 1. The van der Waals surface area contributed by atoms with Crippen molar-refractivity contribution in [3.8, 4) is 0 Å². The van der Waals surface area contributed by atoms with E-state index in [4.69, 9.17) is 9.47 Å². The van der Waals surface area contributed by atoms with Gasteiger partial charge in [0.05, 0.1) is 19.3 Å². The van der Waals surface area contributed by atoms with Crippen molar-refractivity contribution in [2.75, 3.05) is 32.8 Å². The van der Waals surface area contributed by atoms with E-state index in [1.807, 2.05) is 28.0 Å². The van der Waals surface area contributed by atoms with Gasteiger partial charge in [-0.05, 0) is 43.7 Å². The number of piperazine rings is 1. The summed E-state index contributed by atoms with van der Waals surface area (Å²) in [5.74, 6) is 0.324. The van der Waals surface area contributed by atoms with E-state index in [1.54, 1.807) is 6.20 Å². The highest BCUT2D eigenvalue weighted by Gasteiger charge is 2.47. The summed E-state index contributed by atoms with van der Waals surface area (Å²) in [7, 11) is 0. The summed E-state index contributed by atoms with van der Waals surface area (Å²) < 4.78 is 12.6. The molecule has 3 fully saturated rings.